The third kappa shape index (κ3) is 3.72. The van der Waals surface area contributed by atoms with Crippen LogP contribution in [0.15, 0.2) is 18.2 Å². The molecule has 2 nitrogen and oxygen atoms in total. The van der Waals surface area contributed by atoms with E-state index < -0.39 is 0 Å². The minimum Gasteiger partial charge on any atom is -0.314 e. The summed E-state index contributed by atoms with van der Waals surface area (Å²) in [5.74, 6) is 0.444. The highest BCUT2D eigenvalue weighted by molar-refractivity contribution is 6.30. The third-order valence-electron chi connectivity index (χ3n) is 4.30. The number of nitrogens with zero attached hydrogens (tertiary/aromatic N) is 1. The first kappa shape index (κ1) is 14.3. The summed E-state index contributed by atoms with van der Waals surface area (Å²) in [4.78, 5) is 2.36. The highest BCUT2D eigenvalue weighted by atomic mass is 35.5. The SMILES string of the molecule is Fc1c(Cl)cccc1CN1CCCC(CNC2CC2)C1. The lowest BCUT2D eigenvalue weighted by Gasteiger charge is -2.33. The van der Waals surface area contributed by atoms with Crippen LogP contribution in [-0.2, 0) is 6.54 Å². The van der Waals surface area contributed by atoms with Gasteiger partial charge in [-0.05, 0) is 50.8 Å². The second kappa shape index (κ2) is 6.42. The molecule has 1 saturated heterocycles. The molecule has 0 spiro atoms. The molecule has 1 aliphatic carbocycles. The van der Waals surface area contributed by atoms with Crippen LogP contribution in [-0.4, -0.2) is 30.6 Å². The summed E-state index contributed by atoms with van der Waals surface area (Å²) in [6.07, 6.45) is 5.17. The molecule has 1 N–H and O–H groups in total. The fourth-order valence-corrected chi connectivity index (χ4v) is 3.19. The Kier molecular flexibility index (Phi) is 4.59. The number of benzene rings is 1. The Morgan fingerprint density at radius 3 is 2.95 bits per heavy atom. The van der Waals surface area contributed by atoms with E-state index in [-0.39, 0.29) is 10.8 Å². The molecule has 1 heterocycles. The smallest absolute Gasteiger partial charge is 0.146 e. The second-order valence-corrected chi connectivity index (χ2v) is 6.55. The van der Waals surface area contributed by atoms with E-state index in [2.05, 4.69) is 10.2 Å². The fraction of sp³-hybridized carbons (Fsp3) is 0.625. The lowest BCUT2D eigenvalue weighted by molar-refractivity contribution is 0.163. The van der Waals surface area contributed by atoms with E-state index in [0.717, 1.165) is 25.7 Å². The lowest BCUT2D eigenvalue weighted by Crippen LogP contribution is -2.39. The molecule has 4 heteroatoms. The minimum atomic E-state index is -0.257. The number of likely N-dealkylation sites (tertiary alicyclic amines) is 1. The van der Waals surface area contributed by atoms with Crippen molar-refractivity contribution in [3.8, 4) is 0 Å². The van der Waals surface area contributed by atoms with Crippen molar-refractivity contribution in [2.75, 3.05) is 19.6 Å². The molecule has 0 aromatic heterocycles. The highest BCUT2D eigenvalue weighted by Gasteiger charge is 2.25. The summed E-state index contributed by atoms with van der Waals surface area (Å²) in [6.45, 7) is 3.91. The van der Waals surface area contributed by atoms with Crippen molar-refractivity contribution in [3.63, 3.8) is 0 Å². The maximum atomic E-state index is 13.9. The normalized spacial score (nSPS) is 24.0. The fourth-order valence-electron chi connectivity index (χ4n) is 2.99. The Bertz CT molecular complexity index is 462. The zero-order valence-corrected chi connectivity index (χ0v) is 12.5. The van der Waals surface area contributed by atoms with Crippen molar-refractivity contribution in [3.05, 3.63) is 34.6 Å². The van der Waals surface area contributed by atoms with Crippen molar-refractivity contribution < 1.29 is 4.39 Å². The molecule has 1 atom stereocenters. The summed E-state index contributed by atoms with van der Waals surface area (Å²) in [6, 6.07) is 6.05. The van der Waals surface area contributed by atoms with Gasteiger partial charge in [-0.1, -0.05) is 23.7 Å². The number of hydrogen-bond donors (Lipinski definition) is 1. The zero-order chi connectivity index (χ0) is 13.9. The number of nitrogens with one attached hydrogen (secondary N) is 1. The van der Waals surface area contributed by atoms with Crippen molar-refractivity contribution in [2.24, 2.45) is 5.92 Å². The first-order chi connectivity index (χ1) is 9.72. The third-order valence-corrected chi connectivity index (χ3v) is 4.59. The molecule has 1 aromatic rings. The van der Waals surface area contributed by atoms with Gasteiger partial charge < -0.3 is 5.32 Å². The molecule has 0 radical (unpaired) electrons. The monoisotopic (exact) mass is 296 g/mol. The van der Waals surface area contributed by atoms with Gasteiger partial charge >= 0.3 is 0 Å². The molecule has 2 aliphatic rings. The molecule has 1 aromatic carbocycles. The molecule has 3 rings (SSSR count). The van der Waals surface area contributed by atoms with Gasteiger partial charge in [0.1, 0.15) is 5.82 Å². The van der Waals surface area contributed by atoms with Gasteiger partial charge in [0.15, 0.2) is 0 Å². The number of halogens is 2. The van der Waals surface area contributed by atoms with Crippen LogP contribution >= 0.6 is 11.6 Å². The van der Waals surface area contributed by atoms with Crippen molar-refractivity contribution in [2.45, 2.75) is 38.3 Å². The van der Waals surface area contributed by atoms with Crippen molar-refractivity contribution >= 4 is 11.6 Å². The van der Waals surface area contributed by atoms with Crippen LogP contribution in [0.1, 0.15) is 31.2 Å². The number of piperidine rings is 1. The molecule has 2 fully saturated rings. The van der Waals surface area contributed by atoms with Gasteiger partial charge in [-0.2, -0.15) is 0 Å². The van der Waals surface area contributed by atoms with E-state index in [1.165, 1.54) is 25.7 Å². The van der Waals surface area contributed by atoms with Gasteiger partial charge in [-0.3, -0.25) is 4.90 Å². The topological polar surface area (TPSA) is 15.3 Å². The predicted molar refractivity (Wildman–Crippen MR) is 80.4 cm³/mol. The van der Waals surface area contributed by atoms with Crippen LogP contribution in [0.4, 0.5) is 4.39 Å². The molecule has 1 saturated carbocycles. The van der Waals surface area contributed by atoms with E-state index in [1.54, 1.807) is 6.07 Å². The van der Waals surface area contributed by atoms with Crippen LogP contribution in [0.2, 0.25) is 5.02 Å². The number of hydrogen-bond acceptors (Lipinski definition) is 2. The summed E-state index contributed by atoms with van der Waals surface area (Å²) in [7, 11) is 0. The first-order valence-electron chi connectivity index (χ1n) is 7.61. The van der Waals surface area contributed by atoms with E-state index >= 15 is 0 Å². The van der Waals surface area contributed by atoms with E-state index in [9.17, 15) is 4.39 Å². The Morgan fingerprint density at radius 1 is 1.30 bits per heavy atom. The highest BCUT2D eigenvalue weighted by Crippen LogP contribution is 2.24. The summed E-state index contributed by atoms with van der Waals surface area (Å²) in [5, 5.41) is 3.84. The molecule has 0 amide bonds. The average Bonchev–Trinajstić information content (AvgIpc) is 3.26. The van der Waals surface area contributed by atoms with Gasteiger partial charge in [-0.15, -0.1) is 0 Å². The Morgan fingerprint density at radius 2 is 2.15 bits per heavy atom. The van der Waals surface area contributed by atoms with Crippen molar-refractivity contribution in [1.82, 2.24) is 10.2 Å². The molecule has 20 heavy (non-hydrogen) atoms. The van der Waals surface area contributed by atoms with Crippen molar-refractivity contribution in [1.29, 1.82) is 0 Å². The summed E-state index contributed by atoms with van der Waals surface area (Å²) in [5.41, 5.74) is 0.716. The van der Waals surface area contributed by atoms with E-state index in [4.69, 9.17) is 11.6 Å². The maximum Gasteiger partial charge on any atom is 0.146 e. The number of rotatable bonds is 5. The molecule has 1 unspecified atom stereocenters. The summed E-state index contributed by atoms with van der Waals surface area (Å²) < 4.78 is 13.9. The van der Waals surface area contributed by atoms with Crippen LogP contribution in [0.5, 0.6) is 0 Å². The Labute approximate surface area is 125 Å². The van der Waals surface area contributed by atoms with E-state index in [1.807, 2.05) is 12.1 Å². The van der Waals surface area contributed by atoms with Gasteiger partial charge in [-0.25, -0.2) is 4.39 Å². The zero-order valence-electron chi connectivity index (χ0n) is 11.7. The van der Waals surface area contributed by atoms with Gasteiger partial charge in [0.05, 0.1) is 5.02 Å². The first-order valence-corrected chi connectivity index (χ1v) is 7.99. The van der Waals surface area contributed by atoms with Gasteiger partial charge in [0.2, 0.25) is 0 Å². The minimum absolute atomic E-state index is 0.228. The Hall–Kier alpha value is -0.640. The quantitative estimate of drug-likeness (QED) is 0.895. The largest absolute Gasteiger partial charge is 0.314 e. The Balaban J connectivity index is 1.54. The predicted octanol–water partition coefficient (Wildman–Crippen LogP) is 3.44. The molecular weight excluding hydrogens is 275 g/mol. The molecule has 110 valence electrons. The van der Waals surface area contributed by atoms with Gasteiger partial charge in [0.25, 0.3) is 0 Å². The lowest BCUT2D eigenvalue weighted by atomic mass is 9.97. The molecule has 1 aliphatic heterocycles. The van der Waals surface area contributed by atoms with Crippen LogP contribution in [0, 0.1) is 11.7 Å². The van der Waals surface area contributed by atoms with Gasteiger partial charge in [0, 0.05) is 24.7 Å². The average molecular weight is 297 g/mol. The maximum absolute atomic E-state index is 13.9. The molecule has 0 bridgehead atoms. The van der Waals surface area contributed by atoms with Crippen LogP contribution in [0.3, 0.4) is 0 Å². The summed E-state index contributed by atoms with van der Waals surface area (Å²) >= 11 is 5.85. The van der Waals surface area contributed by atoms with E-state index in [0.29, 0.717) is 18.0 Å². The second-order valence-electron chi connectivity index (χ2n) is 6.14. The standard InChI is InChI=1S/C16H22ClFN2/c17-15-5-1-4-13(16(15)18)11-20-8-2-3-12(10-20)9-19-14-6-7-14/h1,4-5,12,14,19H,2-3,6-11H2. The van der Waals surface area contributed by atoms with Crippen LogP contribution < -0.4 is 5.32 Å². The molecular formula is C16H22ClFN2. The van der Waals surface area contributed by atoms with Crippen LogP contribution in [0.25, 0.3) is 0 Å².